The van der Waals surface area contributed by atoms with Gasteiger partial charge in [-0.05, 0) is 30.5 Å². The molecule has 0 atom stereocenters. The molecule has 0 aliphatic carbocycles. The molecule has 1 nitrogen and oxygen atoms in total. The lowest BCUT2D eigenvalue weighted by Crippen LogP contribution is -1.94. The molecule has 1 aromatic rings. The molecular weight excluding hydrogens is 155 g/mol. The lowest BCUT2D eigenvalue weighted by atomic mass is 10.0. The average Bonchev–Trinajstić information content (AvgIpc) is 2.03. The maximum Gasteiger partial charge on any atom is 0.153 e. The molecule has 0 N–H and O–H groups in total. The summed E-state index contributed by atoms with van der Waals surface area (Å²) in [6.07, 6.45) is 1.35. The van der Waals surface area contributed by atoms with Gasteiger partial charge in [-0.3, -0.25) is 4.79 Å². The molecule has 0 spiro atoms. The van der Waals surface area contributed by atoms with Gasteiger partial charge >= 0.3 is 0 Å². The minimum atomic E-state index is -0.415. The van der Waals surface area contributed by atoms with Gasteiger partial charge in [0.15, 0.2) is 6.29 Å². The second-order valence-electron chi connectivity index (χ2n) is 2.78. The van der Waals surface area contributed by atoms with Crippen LogP contribution < -0.4 is 0 Å². The first-order valence-corrected chi connectivity index (χ1v) is 3.93. The van der Waals surface area contributed by atoms with Crippen molar-refractivity contribution in [1.29, 1.82) is 0 Å². The monoisotopic (exact) mass is 166 g/mol. The molecule has 0 bridgehead atoms. The Balaban J connectivity index is 3.27. The Morgan fingerprint density at radius 3 is 2.58 bits per heavy atom. The van der Waals surface area contributed by atoms with Crippen LogP contribution in [0.1, 0.15) is 28.4 Å². The van der Waals surface area contributed by atoms with Crippen molar-refractivity contribution >= 4 is 6.29 Å². The van der Waals surface area contributed by atoms with E-state index >= 15 is 0 Å². The van der Waals surface area contributed by atoms with Crippen LogP contribution in [0.25, 0.3) is 0 Å². The number of aryl methyl sites for hydroxylation is 2. The molecule has 0 radical (unpaired) electrons. The van der Waals surface area contributed by atoms with Crippen molar-refractivity contribution in [1.82, 2.24) is 0 Å². The fourth-order valence-electron chi connectivity index (χ4n) is 1.18. The van der Waals surface area contributed by atoms with Crippen LogP contribution in [0.15, 0.2) is 12.1 Å². The Morgan fingerprint density at radius 1 is 1.50 bits per heavy atom. The Labute approximate surface area is 71.2 Å². The van der Waals surface area contributed by atoms with Crippen LogP contribution in [-0.2, 0) is 6.42 Å². The van der Waals surface area contributed by atoms with E-state index in [0.717, 1.165) is 12.0 Å². The van der Waals surface area contributed by atoms with Gasteiger partial charge in [-0.15, -0.1) is 0 Å². The number of carbonyl (C=O) groups is 1. The Kier molecular flexibility index (Phi) is 2.58. The summed E-state index contributed by atoms with van der Waals surface area (Å²) in [4.78, 5) is 10.4. The minimum absolute atomic E-state index is 0.173. The van der Waals surface area contributed by atoms with E-state index in [2.05, 4.69) is 0 Å². The van der Waals surface area contributed by atoms with E-state index in [9.17, 15) is 9.18 Å². The number of hydrogen-bond acceptors (Lipinski definition) is 1. The molecule has 2 heteroatoms. The van der Waals surface area contributed by atoms with Crippen LogP contribution in [0.4, 0.5) is 4.39 Å². The molecule has 12 heavy (non-hydrogen) atoms. The molecule has 0 unspecified atom stereocenters. The zero-order chi connectivity index (χ0) is 9.14. The smallest absolute Gasteiger partial charge is 0.153 e. The van der Waals surface area contributed by atoms with Crippen molar-refractivity contribution in [2.24, 2.45) is 0 Å². The van der Waals surface area contributed by atoms with Gasteiger partial charge in [0.05, 0.1) is 5.56 Å². The van der Waals surface area contributed by atoms with E-state index in [-0.39, 0.29) is 5.56 Å². The molecule has 0 saturated carbocycles. The summed E-state index contributed by atoms with van der Waals surface area (Å²) in [6.45, 7) is 3.70. The molecule has 0 aromatic heterocycles. The third kappa shape index (κ3) is 1.52. The quantitative estimate of drug-likeness (QED) is 0.617. The summed E-state index contributed by atoms with van der Waals surface area (Å²) in [7, 11) is 0. The first-order valence-electron chi connectivity index (χ1n) is 3.93. The van der Waals surface area contributed by atoms with Crippen LogP contribution in [-0.4, -0.2) is 6.29 Å². The lowest BCUT2D eigenvalue weighted by molar-refractivity contribution is 0.111. The summed E-state index contributed by atoms with van der Waals surface area (Å²) >= 11 is 0. The van der Waals surface area contributed by atoms with Crippen LogP contribution in [0.2, 0.25) is 0 Å². The van der Waals surface area contributed by atoms with Crippen molar-refractivity contribution in [2.45, 2.75) is 20.3 Å². The van der Waals surface area contributed by atoms with Gasteiger partial charge in [-0.1, -0.05) is 13.0 Å². The first kappa shape index (κ1) is 8.91. The number of hydrogen-bond donors (Lipinski definition) is 0. The highest BCUT2D eigenvalue weighted by atomic mass is 19.1. The predicted molar refractivity (Wildman–Crippen MR) is 45.9 cm³/mol. The SMILES string of the molecule is CCc1cc(C)c(C=O)c(F)c1. The predicted octanol–water partition coefficient (Wildman–Crippen LogP) is 2.51. The maximum absolute atomic E-state index is 13.1. The molecule has 1 aromatic carbocycles. The molecule has 0 aliphatic heterocycles. The van der Waals surface area contributed by atoms with Crippen molar-refractivity contribution in [3.63, 3.8) is 0 Å². The van der Waals surface area contributed by atoms with Crippen molar-refractivity contribution in [3.8, 4) is 0 Å². The van der Waals surface area contributed by atoms with Crippen LogP contribution in [0.5, 0.6) is 0 Å². The topological polar surface area (TPSA) is 17.1 Å². The Bertz CT molecular complexity index is 282. The van der Waals surface area contributed by atoms with Gasteiger partial charge in [0, 0.05) is 0 Å². The summed E-state index contributed by atoms with van der Waals surface area (Å²) in [5.41, 5.74) is 1.81. The highest BCUT2D eigenvalue weighted by Crippen LogP contribution is 2.14. The van der Waals surface area contributed by atoms with Gasteiger partial charge in [0.1, 0.15) is 5.82 Å². The fraction of sp³-hybridized carbons (Fsp3) is 0.300. The normalized spacial score (nSPS) is 9.92. The zero-order valence-corrected chi connectivity index (χ0v) is 7.23. The van der Waals surface area contributed by atoms with Gasteiger partial charge < -0.3 is 0 Å². The zero-order valence-electron chi connectivity index (χ0n) is 7.23. The van der Waals surface area contributed by atoms with Crippen molar-refractivity contribution < 1.29 is 9.18 Å². The van der Waals surface area contributed by atoms with E-state index in [1.54, 1.807) is 6.92 Å². The standard InChI is InChI=1S/C10H11FO/c1-3-8-4-7(2)9(6-12)10(11)5-8/h4-6H,3H2,1-2H3. The summed E-state index contributed by atoms with van der Waals surface area (Å²) in [5.74, 6) is -0.415. The Morgan fingerprint density at radius 2 is 2.17 bits per heavy atom. The van der Waals surface area contributed by atoms with Crippen LogP contribution in [0.3, 0.4) is 0 Å². The van der Waals surface area contributed by atoms with Crippen LogP contribution >= 0.6 is 0 Å². The van der Waals surface area contributed by atoms with E-state index < -0.39 is 5.82 Å². The second-order valence-corrected chi connectivity index (χ2v) is 2.78. The summed E-state index contributed by atoms with van der Waals surface area (Å²) < 4.78 is 13.1. The lowest BCUT2D eigenvalue weighted by Gasteiger charge is -2.03. The molecule has 1 rings (SSSR count). The highest BCUT2D eigenvalue weighted by molar-refractivity contribution is 5.77. The third-order valence-corrected chi connectivity index (χ3v) is 1.92. The summed E-state index contributed by atoms with van der Waals surface area (Å²) in [6, 6.07) is 3.25. The molecule has 0 heterocycles. The number of halogens is 1. The van der Waals surface area contributed by atoms with Crippen molar-refractivity contribution in [2.75, 3.05) is 0 Å². The van der Waals surface area contributed by atoms with Gasteiger partial charge in [-0.25, -0.2) is 4.39 Å². The second kappa shape index (κ2) is 3.48. The molecule has 0 amide bonds. The van der Waals surface area contributed by atoms with Gasteiger partial charge in [0.2, 0.25) is 0 Å². The van der Waals surface area contributed by atoms with Crippen molar-refractivity contribution in [3.05, 3.63) is 34.6 Å². The van der Waals surface area contributed by atoms with E-state index in [1.165, 1.54) is 6.07 Å². The fourth-order valence-corrected chi connectivity index (χ4v) is 1.18. The van der Waals surface area contributed by atoms with E-state index in [4.69, 9.17) is 0 Å². The number of rotatable bonds is 2. The number of carbonyl (C=O) groups excluding carboxylic acids is 1. The minimum Gasteiger partial charge on any atom is -0.298 e. The molecular formula is C10H11FO. The van der Waals surface area contributed by atoms with Crippen LogP contribution in [0, 0.1) is 12.7 Å². The van der Waals surface area contributed by atoms with E-state index in [0.29, 0.717) is 11.8 Å². The first-order chi connectivity index (χ1) is 5.69. The number of aldehydes is 1. The van der Waals surface area contributed by atoms with Gasteiger partial charge in [-0.2, -0.15) is 0 Å². The maximum atomic E-state index is 13.1. The largest absolute Gasteiger partial charge is 0.298 e. The third-order valence-electron chi connectivity index (χ3n) is 1.92. The van der Waals surface area contributed by atoms with E-state index in [1.807, 2.05) is 13.0 Å². The Hall–Kier alpha value is -1.18. The summed E-state index contributed by atoms with van der Waals surface area (Å²) in [5, 5.41) is 0. The number of benzene rings is 1. The van der Waals surface area contributed by atoms with Gasteiger partial charge in [0.25, 0.3) is 0 Å². The molecule has 0 aliphatic rings. The highest BCUT2D eigenvalue weighted by Gasteiger charge is 2.05. The molecule has 0 fully saturated rings. The average molecular weight is 166 g/mol. The molecule has 64 valence electrons. The molecule has 0 saturated heterocycles.